The number of hydrogen-bond donors (Lipinski definition) is 8. The summed E-state index contributed by atoms with van der Waals surface area (Å²) >= 11 is 0. The third-order valence-corrected chi connectivity index (χ3v) is 15.7. The van der Waals surface area contributed by atoms with Crippen molar-refractivity contribution in [3.8, 4) is 5.75 Å². The second-order valence-corrected chi connectivity index (χ2v) is 23.0. The second kappa shape index (κ2) is 37.3. The van der Waals surface area contributed by atoms with Gasteiger partial charge < -0.3 is 90.1 Å². The number of nitrogens with one attached hydrogen (secondary N) is 7. The highest BCUT2D eigenvalue weighted by molar-refractivity contribution is 6.15. The largest absolute Gasteiger partial charge is 0.465 e. The molecule has 3 atom stereocenters. The van der Waals surface area contributed by atoms with Crippen LogP contribution in [0.15, 0.2) is 54.6 Å². The predicted molar refractivity (Wildman–Crippen MR) is 350 cm³/mol. The van der Waals surface area contributed by atoms with Gasteiger partial charge in [-0.25, -0.2) is 14.4 Å². The molecule has 27 nitrogen and oxygen atoms in total. The van der Waals surface area contributed by atoms with Crippen LogP contribution in [0.4, 0.5) is 21.0 Å². The van der Waals surface area contributed by atoms with Crippen molar-refractivity contribution < 1.29 is 76.3 Å². The van der Waals surface area contributed by atoms with Crippen molar-refractivity contribution in [3.63, 3.8) is 0 Å². The van der Waals surface area contributed by atoms with Gasteiger partial charge in [-0.05, 0) is 99.5 Å². The monoisotopic (exact) mass is 1300 g/mol. The smallest absolute Gasteiger partial charge is 0.415 e. The molecule has 9 N–H and O–H groups in total. The van der Waals surface area contributed by atoms with Crippen LogP contribution in [0.1, 0.15) is 127 Å². The number of likely N-dealkylation sites (N-methyl/N-ethyl adjacent to an activating group) is 2. The fourth-order valence-electron chi connectivity index (χ4n) is 10.4. The lowest BCUT2D eigenvalue weighted by molar-refractivity contribution is -0.128. The van der Waals surface area contributed by atoms with Gasteiger partial charge in [0.2, 0.25) is 23.6 Å². The Morgan fingerprint density at radius 1 is 0.753 bits per heavy atom. The molecule has 0 spiro atoms. The van der Waals surface area contributed by atoms with Crippen LogP contribution >= 0.6 is 0 Å². The van der Waals surface area contributed by atoms with E-state index >= 15 is 0 Å². The number of hydrogen-bond acceptors (Lipinski definition) is 18. The molecule has 1 aliphatic rings. The van der Waals surface area contributed by atoms with Gasteiger partial charge in [-0.1, -0.05) is 39.8 Å². The van der Waals surface area contributed by atoms with E-state index in [0.29, 0.717) is 148 Å². The van der Waals surface area contributed by atoms with Crippen molar-refractivity contribution in [2.45, 2.75) is 105 Å². The van der Waals surface area contributed by atoms with Crippen molar-refractivity contribution in [2.24, 2.45) is 11.7 Å². The van der Waals surface area contributed by atoms with E-state index in [1.807, 2.05) is 20.8 Å². The van der Waals surface area contributed by atoms with Crippen LogP contribution in [0, 0.1) is 12.8 Å². The molecule has 27 heteroatoms. The summed E-state index contributed by atoms with van der Waals surface area (Å²) in [6.45, 7) is 15.3. The Bertz CT molecular complexity index is 3350. The highest BCUT2D eigenvalue weighted by Gasteiger charge is 2.39. The molecule has 0 aliphatic carbocycles. The number of fused-ring (bicyclic) bond motifs is 4. The fourth-order valence-corrected chi connectivity index (χ4v) is 10.4. The van der Waals surface area contributed by atoms with E-state index in [1.54, 1.807) is 73.3 Å². The van der Waals surface area contributed by atoms with E-state index in [0.717, 1.165) is 5.56 Å². The first-order valence-corrected chi connectivity index (χ1v) is 31.7. The van der Waals surface area contributed by atoms with Crippen LogP contribution in [0.5, 0.6) is 5.75 Å². The quantitative estimate of drug-likeness (QED) is 0.0126. The molecular weight excluding hydrogens is 1200 g/mol. The Morgan fingerprint density at radius 3 is 2.04 bits per heavy atom. The number of anilines is 2. The minimum atomic E-state index is -0.884. The number of carbonyl (C=O) groups excluding carboxylic acids is 9. The van der Waals surface area contributed by atoms with Crippen LogP contribution < -0.4 is 42.0 Å². The number of ketones is 1. The van der Waals surface area contributed by atoms with Gasteiger partial charge in [0.25, 0.3) is 5.91 Å². The first-order chi connectivity index (χ1) is 44.7. The van der Waals surface area contributed by atoms with E-state index in [-0.39, 0.29) is 104 Å². The first-order valence-electron chi connectivity index (χ1n) is 31.7. The summed E-state index contributed by atoms with van der Waals surface area (Å²) in [5.74, 6) is -2.39. The number of methoxy groups -OCH3 is 1. The maximum absolute atomic E-state index is 14.4. The van der Waals surface area contributed by atoms with E-state index < -0.39 is 36.1 Å². The highest BCUT2D eigenvalue weighted by atomic mass is 16.6. The molecule has 0 fully saturated rings. The molecule has 0 saturated heterocycles. The van der Waals surface area contributed by atoms with Gasteiger partial charge >= 0.3 is 18.2 Å². The molecule has 0 bridgehead atoms. The number of unbranched alkanes of at least 4 members (excludes halogenated alkanes) is 1. The van der Waals surface area contributed by atoms with Crippen LogP contribution in [0.2, 0.25) is 0 Å². The number of Topliss-reactive ketones (excluding diaryl/α,β-unsaturated/α-hetero) is 1. The minimum absolute atomic E-state index is 0.0154. The van der Waals surface area contributed by atoms with Crippen molar-refractivity contribution in [1.29, 1.82) is 0 Å². The van der Waals surface area contributed by atoms with E-state index in [2.05, 4.69) is 36.6 Å². The molecule has 1 aliphatic heterocycles. The lowest BCUT2D eigenvalue weighted by Gasteiger charge is -2.25. The average Bonchev–Trinajstić information content (AvgIpc) is 1.58. The Hall–Kier alpha value is -8.47. The lowest BCUT2D eigenvalue weighted by Crippen LogP contribution is -2.54. The number of ether oxygens (including phenoxy) is 7. The Balaban J connectivity index is 0.934. The Kier molecular flexibility index (Phi) is 29.5. The summed E-state index contributed by atoms with van der Waals surface area (Å²) < 4.78 is 38.7. The summed E-state index contributed by atoms with van der Waals surface area (Å²) in [6, 6.07) is 13.6. The molecule has 6 rings (SSSR count). The third-order valence-electron chi connectivity index (χ3n) is 15.7. The number of aryl methyl sites for hydroxylation is 1. The topological polar surface area (TPSA) is 346 Å². The SMILES string of the molecule is CCC(=O)NCCOCCOCCOCCOCCC(=O)NCCN[C@H](C(=O)NC(CCCCN)C(=O)Nc1ccc(COC(=O)N(C)CCN(C)C(=O)Oc2cc3c(c4c(C(=O)OC)c(C)[nH]c24)[C@H](CC)CN3C(=O)c2cc3cc(C(C)=O)ccc3[nH]2)cc1)C(C)C. The molecule has 3 heterocycles. The minimum Gasteiger partial charge on any atom is -0.465 e. The molecule has 508 valence electrons. The van der Waals surface area contributed by atoms with Crippen molar-refractivity contribution in [2.75, 3.05) is 130 Å². The van der Waals surface area contributed by atoms with Crippen LogP contribution in [-0.4, -0.2) is 205 Å². The lowest BCUT2D eigenvalue weighted by atomic mass is 9.93. The third kappa shape index (κ3) is 21.5. The maximum Gasteiger partial charge on any atom is 0.415 e. The van der Waals surface area contributed by atoms with Gasteiger partial charge in [0.15, 0.2) is 11.5 Å². The van der Waals surface area contributed by atoms with E-state index in [4.69, 9.17) is 38.9 Å². The number of nitrogens with zero attached hydrogens (tertiary/aromatic N) is 3. The molecule has 93 heavy (non-hydrogen) atoms. The molecule has 1 unspecified atom stereocenters. The van der Waals surface area contributed by atoms with E-state index in [1.165, 1.54) is 37.9 Å². The number of aromatic nitrogens is 2. The van der Waals surface area contributed by atoms with Gasteiger partial charge in [-0.2, -0.15) is 0 Å². The molecular formula is C66H93N11O16. The van der Waals surface area contributed by atoms with Crippen molar-refractivity contribution >= 4 is 86.7 Å². The standard InChI is InChI=1S/C66H93N11O16/c1-10-45-39-77(63(83)51-37-47-36-46(43(6)78)17-20-49(47)73-51)52-38-53(60-58(57(45)52)56(42(5)71-60)64(84)87-9)93-66(86)76(8)27-26-75(7)65(85)92-40-44-15-18-48(19-16-44)72-61(81)50(14-12-13-22-67)74-62(82)59(41(3)4)70-24-23-68-55(80)21-28-88-30-32-90-34-35-91-33-31-89-29-25-69-54(79)11-2/h15-20,36-38,41,45,50,59,70-71,73H,10-14,21-35,39-40,67H2,1-9H3,(H,68,80)(H,69,79)(H,72,81)(H,74,82)/t45-,50?,59+/m1/s1. The van der Waals surface area contributed by atoms with Crippen molar-refractivity contribution in [1.82, 2.24) is 41.0 Å². The Morgan fingerprint density at radius 2 is 1.41 bits per heavy atom. The number of carbonyl (C=O) groups is 9. The van der Waals surface area contributed by atoms with Crippen molar-refractivity contribution in [3.05, 3.63) is 88.2 Å². The number of esters is 1. The zero-order valence-corrected chi connectivity index (χ0v) is 55.0. The summed E-state index contributed by atoms with van der Waals surface area (Å²) in [6.07, 6.45) is 1.32. The summed E-state index contributed by atoms with van der Waals surface area (Å²) in [5, 5.41) is 15.7. The summed E-state index contributed by atoms with van der Waals surface area (Å²) in [7, 11) is 4.31. The summed E-state index contributed by atoms with van der Waals surface area (Å²) in [4.78, 5) is 129. The maximum atomic E-state index is 14.4. The van der Waals surface area contributed by atoms with Gasteiger partial charge in [0.1, 0.15) is 18.3 Å². The van der Waals surface area contributed by atoms with Gasteiger partial charge in [0.05, 0.1) is 82.8 Å². The molecule has 3 aromatic carbocycles. The van der Waals surface area contributed by atoms with Gasteiger partial charge in [-0.3, -0.25) is 28.8 Å². The summed E-state index contributed by atoms with van der Waals surface area (Å²) in [5.41, 5.74) is 10.6. The zero-order valence-electron chi connectivity index (χ0n) is 55.0. The number of amides is 7. The molecule has 7 amide bonds. The number of benzene rings is 3. The zero-order chi connectivity index (χ0) is 67.6. The van der Waals surface area contributed by atoms with Gasteiger partial charge in [-0.15, -0.1) is 0 Å². The fraction of sp³-hybridized carbons (Fsp3) is 0.530. The molecule has 2 aromatic heterocycles. The predicted octanol–water partition coefficient (Wildman–Crippen LogP) is 6.07. The normalized spacial score (nSPS) is 13.3. The Labute approximate surface area is 542 Å². The number of H-pyrrole nitrogens is 2. The molecule has 0 saturated carbocycles. The van der Waals surface area contributed by atoms with Crippen LogP contribution in [0.3, 0.4) is 0 Å². The first kappa shape index (κ1) is 73.6. The van der Waals surface area contributed by atoms with Crippen LogP contribution in [0.25, 0.3) is 21.8 Å². The van der Waals surface area contributed by atoms with E-state index in [9.17, 15) is 43.2 Å². The number of aromatic amines is 2. The molecule has 5 aromatic rings. The number of nitrogens with two attached hydrogens (primary N) is 1. The molecule has 0 radical (unpaired) electrons. The van der Waals surface area contributed by atoms with Crippen LogP contribution in [-0.2, 0) is 54.2 Å². The second-order valence-electron chi connectivity index (χ2n) is 23.0. The van der Waals surface area contributed by atoms with Gasteiger partial charge in [0, 0.05) is 111 Å². The average molecular weight is 1300 g/mol. The highest BCUT2D eigenvalue weighted by Crippen LogP contribution is 2.48. The number of rotatable bonds is 39.